The van der Waals surface area contributed by atoms with E-state index in [1.807, 2.05) is 0 Å². The molecule has 4 nitrogen and oxygen atoms in total. The zero-order chi connectivity index (χ0) is 15.7. The Balaban J connectivity index is 0.00000192. The van der Waals surface area contributed by atoms with E-state index >= 15 is 0 Å². The van der Waals surface area contributed by atoms with Gasteiger partial charge in [0.25, 0.3) is 5.91 Å². The molecule has 2 fully saturated rings. The van der Waals surface area contributed by atoms with Crippen molar-refractivity contribution in [3.8, 4) is 5.75 Å². The molecule has 128 valence electrons. The van der Waals surface area contributed by atoms with Crippen LogP contribution in [0.15, 0.2) is 12.1 Å². The van der Waals surface area contributed by atoms with Crippen LogP contribution < -0.4 is 15.4 Å². The number of hydrogen-bond acceptors (Lipinski definition) is 3. The first-order valence-corrected chi connectivity index (χ1v) is 8.47. The Morgan fingerprint density at radius 3 is 2.39 bits per heavy atom. The number of rotatable bonds is 4. The van der Waals surface area contributed by atoms with E-state index in [1.165, 1.54) is 25.0 Å². The van der Waals surface area contributed by atoms with Crippen LogP contribution in [0.1, 0.15) is 25.7 Å². The maximum absolute atomic E-state index is 12.0. The summed E-state index contributed by atoms with van der Waals surface area (Å²) in [5.41, 5.74) is 0. The van der Waals surface area contributed by atoms with Crippen LogP contribution in [0.2, 0.25) is 15.1 Å². The third-order valence-corrected chi connectivity index (χ3v) is 5.19. The standard InChI is InChI=1S/C15H17Cl3N2O2.ClH/c16-11-5-13(18)14(6-12(11)17)22-7-15(21)20-10-3-8-1-2-9(4-10)19-8;/h5-6,8-10,19H,1-4,7H2,(H,20,21);1H. The van der Waals surface area contributed by atoms with Crippen molar-refractivity contribution in [3.05, 3.63) is 27.2 Å². The third-order valence-electron chi connectivity index (χ3n) is 4.17. The minimum absolute atomic E-state index is 0. The molecule has 0 aromatic heterocycles. The lowest BCUT2D eigenvalue weighted by Gasteiger charge is -2.29. The minimum Gasteiger partial charge on any atom is -0.482 e. The maximum Gasteiger partial charge on any atom is 0.258 e. The highest BCUT2D eigenvalue weighted by Crippen LogP contribution is 2.33. The SMILES string of the molecule is Cl.O=C(COc1cc(Cl)c(Cl)cc1Cl)NC1CC2CCC(C1)N2. The number of halogens is 4. The molecular weight excluding hydrogens is 382 g/mol. The molecule has 0 aliphatic carbocycles. The van der Waals surface area contributed by atoms with Crippen molar-refractivity contribution >= 4 is 53.1 Å². The van der Waals surface area contributed by atoms with Crippen LogP contribution in [0.4, 0.5) is 0 Å². The van der Waals surface area contributed by atoms with Gasteiger partial charge in [0, 0.05) is 24.2 Å². The Bertz CT molecular complexity index is 573. The number of ether oxygens (including phenoxy) is 1. The first-order chi connectivity index (χ1) is 10.5. The average molecular weight is 400 g/mol. The number of carbonyl (C=O) groups excluding carboxylic acids is 1. The van der Waals surface area contributed by atoms with Gasteiger partial charge >= 0.3 is 0 Å². The quantitative estimate of drug-likeness (QED) is 0.756. The molecule has 2 atom stereocenters. The summed E-state index contributed by atoms with van der Waals surface area (Å²) in [5, 5.41) is 7.61. The van der Waals surface area contributed by atoms with Crippen LogP contribution in [0.5, 0.6) is 5.75 Å². The van der Waals surface area contributed by atoms with Crippen LogP contribution >= 0.6 is 47.2 Å². The van der Waals surface area contributed by atoms with E-state index < -0.39 is 0 Å². The van der Waals surface area contributed by atoms with E-state index in [9.17, 15) is 4.79 Å². The van der Waals surface area contributed by atoms with Crippen molar-refractivity contribution in [2.45, 2.75) is 43.8 Å². The van der Waals surface area contributed by atoms with Crippen LogP contribution in [-0.2, 0) is 4.79 Å². The van der Waals surface area contributed by atoms with E-state index in [0.717, 1.165) is 12.8 Å². The molecule has 0 spiro atoms. The number of carbonyl (C=O) groups is 1. The number of piperidine rings is 1. The van der Waals surface area contributed by atoms with Gasteiger partial charge in [0.05, 0.1) is 15.1 Å². The monoisotopic (exact) mass is 398 g/mol. The van der Waals surface area contributed by atoms with Gasteiger partial charge in [0.2, 0.25) is 0 Å². The fraction of sp³-hybridized carbons (Fsp3) is 0.533. The lowest BCUT2D eigenvalue weighted by Crippen LogP contribution is -2.48. The van der Waals surface area contributed by atoms with Gasteiger partial charge in [-0.05, 0) is 31.7 Å². The summed E-state index contributed by atoms with van der Waals surface area (Å²) >= 11 is 17.8. The van der Waals surface area contributed by atoms with Gasteiger partial charge in [-0.15, -0.1) is 12.4 Å². The number of benzene rings is 1. The molecule has 2 aliphatic heterocycles. The Hall–Kier alpha value is -0.390. The van der Waals surface area contributed by atoms with Crippen LogP contribution in [0.3, 0.4) is 0 Å². The highest BCUT2D eigenvalue weighted by Gasteiger charge is 2.33. The number of hydrogen-bond donors (Lipinski definition) is 2. The van der Waals surface area contributed by atoms with Crippen LogP contribution in [0.25, 0.3) is 0 Å². The molecule has 0 saturated carbocycles. The molecule has 1 aromatic carbocycles. The molecule has 3 rings (SSSR count). The molecule has 2 aliphatic rings. The van der Waals surface area contributed by atoms with Gasteiger partial charge in [0.15, 0.2) is 6.61 Å². The second-order valence-corrected chi connectivity index (χ2v) is 7.08. The van der Waals surface area contributed by atoms with Crippen molar-refractivity contribution in [2.24, 2.45) is 0 Å². The zero-order valence-corrected chi connectivity index (χ0v) is 15.4. The molecule has 2 bridgehead atoms. The van der Waals surface area contributed by atoms with Crippen molar-refractivity contribution in [1.82, 2.24) is 10.6 Å². The fourth-order valence-electron chi connectivity index (χ4n) is 3.20. The van der Waals surface area contributed by atoms with Crippen LogP contribution in [0, 0.1) is 0 Å². The minimum atomic E-state index is -0.145. The van der Waals surface area contributed by atoms with Gasteiger partial charge in [0.1, 0.15) is 5.75 Å². The van der Waals surface area contributed by atoms with Gasteiger partial charge in [-0.2, -0.15) is 0 Å². The topological polar surface area (TPSA) is 50.4 Å². The smallest absolute Gasteiger partial charge is 0.258 e. The predicted molar refractivity (Wildman–Crippen MR) is 95.3 cm³/mol. The lowest BCUT2D eigenvalue weighted by molar-refractivity contribution is -0.124. The Kier molecular flexibility index (Phi) is 6.69. The number of nitrogens with one attached hydrogen (secondary N) is 2. The van der Waals surface area contributed by atoms with Gasteiger partial charge in [-0.3, -0.25) is 4.79 Å². The predicted octanol–water partition coefficient (Wildman–Crippen LogP) is 3.85. The highest BCUT2D eigenvalue weighted by atomic mass is 35.5. The molecule has 1 amide bonds. The van der Waals surface area contributed by atoms with Crippen LogP contribution in [-0.4, -0.2) is 30.6 Å². The normalized spacial score (nSPS) is 25.6. The second-order valence-electron chi connectivity index (χ2n) is 5.86. The fourth-order valence-corrected chi connectivity index (χ4v) is 3.79. The summed E-state index contributed by atoms with van der Waals surface area (Å²) in [6.45, 7) is -0.0864. The van der Waals surface area contributed by atoms with E-state index in [1.54, 1.807) is 0 Å². The molecular formula is C15H18Cl4N2O2. The number of amides is 1. The Morgan fingerprint density at radius 1 is 1.13 bits per heavy atom. The summed E-state index contributed by atoms with van der Waals surface area (Å²) in [7, 11) is 0. The molecule has 2 N–H and O–H groups in total. The lowest BCUT2D eigenvalue weighted by atomic mass is 10.00. The molecule has 2 saturated heterocycles. The summed E-state index contributed by atoms with van der Waals surface area (Å²) in [6, 6.07) is 4.32. The Labute approximate surface area is 156 Å². The highest BCUT2D eigenvalue weighted by molar-refractivity contribution is 6.43. The maximum atomic E-state index is 12.0. The molecule has 8 heteroatoms. The first-order valence-electron chi connectivity index (χ1n) is 7.34. The molecule has 1 aromatic rings. The summed E-state index contributed by atoms with van der Waals surface area (Å²) in [6.07, 6.45) is 4.37. The van der Waals surface area contributed by atoms with E-state index in [2.05, 4.69) is 10.6 Å². The summed E-state index contributed by atoms with van der Waals surface area (Å²) in [4.78, 5) is 12.0. The van der Waals surface area contributed by atoms with E-state index in [4.69, 9.17) is 39.5 Å². The van der Waals surface area contributed by atoms with Crippen molar-refractivity contribution in [2.75, 3.05) is 6.61 Å². The second kappa shape index (κ2) is 8.13. The number of fused-ring (bicyclic) bond motifs is 2. The van der Waals surface area contributed by atoms with Crippen molar-refractivity contribution in [3.63, 3.8) is 0 Å². The average Bonchev–Trinajstić information content (AvgIpc) is 2.80. The molecule has 0 radical (unpaired) electrons. The van der Waals surface area contributed by atoms with Gasteiger partial charge < -0.3 is 15.4 Å². The molecule has 2 unspecified atom stereocenters. The van der Waals surface area contributed by atoms with Crippen molar-refractivity contribution < 1.29 is 9.53 Å². The summed E-state index contributed by atoms with van der Waals surface area (Å²) < 4.78 is 5.44. The largest absolute Gasteiger partial charge is 0.482 e. The third kappa shape index (κ3) is 4.80. The van der Waals surface area contributed by atoms with Gasteiger partial charge in [-0.25, -0.2) is 0 Å². The van der Waals surface area contributed by atoms with E-state index in [-0.39, 0.29) is 31.0 Å². The zero-order valence-electron chi connectivity index (χ0n) is 12.3. The molecule has 2 heterocycles. The summed E-state index contributed by atoms with van der Waals surface area (Å²) in [5.74, 6) is 0.213. The molecule has 23 heavy (non-hydrogen) atoms. The van der Waals surface area contributed by atoms with Gasteiger partial charge in [-0.1, -0.05) is 34.8 Å². The first kappa shape index (κ1) is 18.9. The van der Waals surface area contributed by atoms with Crippen molar-refractivity contribution in [1.29, 1.82) is 0 Å². The Morgan fingerprint density at radius 2 is 1.74 bits per heavy atom. The van der Waals surface area contributed by atoms with E-state index in [0.29, 0.717) is 32.9 Å².